The molecule has 5 heteroatoms. The summed E-state index contributed by atoms with van der Waals surface area (Å²) in [6.07, 6.45) is 3.31. The number of hydrogen-bond acceptors (Lipinski definition) is 3. The smallest absolute Gasteiger partial charge is 0.0736 e. The molecule has 3 nitrogen and oxygen atoms in total. The number of rotatable bonds is 1. The van der Waals surface area contributed by atoms with Crippen molar-refractivity contribution >= 4 is 36.2 Å². The number of hydrogen-bond donors (Lipinski definition) is 2. The zero-order valence-corrected chi connectivity index (χ0v) is 7.71. The van der Waals surface area contributed by atoms with Crippen LogP contribution in [0.15, 0.2) is 18.5 Å². The molecule has 0 bridgehead atoms. The molecule has 0 atom stereocenters. The van der Waals surface area contributed by atoms with E-state index in [4.69, 9.17) is 5.73 Å². The van der Waals surface area contributed by atoms with Crippen molar-refractivity contribution in [2.45, 2.75) is 0 Å². The minimum absolute atomic E-state index is 0. The number of halogens is 2. The third-order valence-corrected chi connectivity index (χ3v) is 1.12. The van der Waals surface area contributed by atoms with Crippen molar-refractivity contribution in [1.29, 1.82) is 0 Å². The molecule has 1 rings (SSSR count). The van der Waals surface area contributed by atoms with Gasteiger partial charge < -0.3 is 11.1 Å². The van der Waals surface area contributed by atoms with Crippen molar-refractivity contribution in [2.75, 3.05) is 18.1 Å². The molecule has 0 fully saturated rings. The quantitative estimate of drug-likeness (QED) is 0.716. The normalized spacial score (nSPS) is 7.36. The van der Waals surface area contributed by atoms with Crippen LogP contribution in [0, 0.1) is 0 Å². The van der Waals surface area contributed by atoms with E-state index in [-0.39, 0.29) is 24.8 Å². The Morgan fingerprint density at radius 3 is 2.45 bits per heavy atom. The summed E-state index contributed by atoms with van der Waals surface area (Å²) in [6.45, 7) is 0. The Bertz CT molecular complexity index is 205. The fourth-order valence-electron chi connectivity index (χ4n) is 0.634. The molecule has 0 radical (unpaired) electrons. The second-order valence-electron chi connectivity index (χ2n) is 1.71. The van der Waals surface area contributed by atoms with Gasteiger partial charge in [0.25, 0.3) is 0 Å². The summed E-state index contributed by atoms with van der Waals surface area (Å²) in [4.78, 5) is 3.83. The van der Waals surface area contributed by atoms with E-state index in [1.165, 1.54) is 0 Å². The standard InChI is InChI=1S/C6H9N3.2ClH/c1-8-6-2-3-9-4-5(6)7;;/h2-4H,7H2,1H3,(H,8,9);2*1H. The number of nitrogens with two attached hydrogens (primary N) is 1. The Morgan fingerprint density at radius 2 is 2.09 bits per heavy atom. The van der Waals surface area contributed by atoms with Crippen LogP contribution in [0.2, 0.25) is 0 Å². The Hall–Kier alpha value is -0.670. The van der Waals surface area contributed by atoms with Crippen molar-refractivity contribution in [3.8, 4) is 0 Å². The van der Waals surface area contributed by atoms with Crippen LogP contribution in [0.1, 0.15) is 0 Å². The van der Waals surface area contributed by atoms with Crippen LogP contribution < -0.4 is 11.1 Å². The molecule has 11 heavy (non-hydrogen) atoms. The first-order chi connectivity index (χ1) is 4.34. The first-order valence-electron chi connectivity index (χ1n) is 2.72. The highest BCUT2D eigenvalue weighted by Crippen LogP contribution is 2.12. The van der Waals surface area contributed by atoms with Gasteiger partial charge >= 0.3 is 0 Å². The lowest BCUT2D eigenvalue weighted by molar-refractivity contribution is 1.32. The van der Waals surface area contributed by atoms with Gasteiger partial charge in [0, 0.05) is 13.2 Å². The van der Waals surface area contributed by atoms with Gasteiger partial charge in [-0.05, 0) is 6.07 Å². The van der Waals surface area contributed by atoms with E-state index in [9.17, 15) is 0 Å². The average molecular weight is 196 g/mol. The Balaban J connectivity index is 0. The van der Waals surface area contributed by atoms with E-state index < -0.39 is 0 Å². The van der Waals surface area contributed by atoms with Crippen molar-refractivity contribution in [2.24, 2.45) is 0 Å². The molecule has 1 heterocycles. The van der Waals surface area contributed by atoms with Crippen LogP contribution in [0.25, 0.3) is 0 Å². The van der Waals surface area contributed by atoms with Gasteiger partial charge in [-0.15, -0.1) is 24.8 Å². The minimum atomic E-state index is 0. The fourth-order valence-corrected chi connectivity index (χ4v) is 0.634. The van der Waals surface area contributed by atoms with Gasteiger partial charge in [-0.1, -0.05) is 0 Å². The lowest BCUT2D eigenvalue weighted by atomic mass is 10.3. The molecule has 0 saturated heterocycles. The maximum atomic E-state index is 5.51. The van der Waals surface area contributed by atoms with Crippen LogP contribution in [0.5, 0.6) is 0 Å². The molecule has 64 valence electrons. The SMILES string of the molecule is CNc1ccncc1N.Cl.Cl. The first-order valence-corrected chi connectivity index (χ1v) is 2.72. The highest BCUT2D eigenvalue weighted by Gasteiger charge is 1.90. The van der Waals surface area contributed by atoms with Crippen molar-refractivity contribution in [3.63, 3.8) is 0 Å². The predicted octanol–water partition coefficient (Wildman–Crippen LogP) is 1.55. The average Bonchev–Trinajstić information content (AvgIpc) is 1.89. The van der Waals surface area contributed by atoms with Crippen LogP contribution in [0.3, 0.4) is 0 Å². The largest absolute Gasteiger partial charge is 0.396 e. The summed E-state index contributed by atoms with van der Waals surface area (Å²) < 4.78 is 0. The summed E-state index contributed by atoms with van der Waals surface area (Å²) in [6, 6.07) is 1.83. The number of pyridine rings is 1. The van der Waals surface area contributed by atoms with Crippen molar-refractivity contribution in [3.05, 3.63) is 18.5 Å². The monoisotopic (exact) mass is 195 g/mol. The molecule has 1 aromatic heterocycles. The summed E-state index contributed by atoms with van der Waals surface area (Å²) in [5.41, 5.74) is 7.11. The summed E-state index contributed by atoms with van der Waals surface area (Å²) >= 11 is 0. The molecule has 0 spiro atoms. The minimum Gasteiger partial charge on any atom is -0.396 e. The third kappa shape index (κ3) is 3.30. The van der Waals surface area contributed by atoms with Gasteiger partial charge in [0.15, 0.2) is 0 Å². The van der Waals surface area contributed by atoms with Gasteiger partial charge in [-0.25, -0.2) is 0 Å². The van der Waals surface area contributed by atoms with E-state index in [2.05, 4.69) is 10.3 Å². The highest BCUT2D eigenvalue weighted by atomic mass is 35.5. The highest BCUT2D eigenvalue weighted by molar-refractivity contribution is 5.85. The molecule has 0 amide bonds. The zero-order valence-electron chi connectivity index (χ0n) is 6.07. The summed E-state index contributed by atoms with van der Waals surface area (Å²) in [5, 5.41) is 2.93. The molecule has 0 aliphatic rings. The molecule has 1 aromatic rings. The van der Waals surface area contributed by atoms with Gasteiger partial charge in [0.05, 0.1) is 17.6 Å². The van der Waals surface area contributed by atoms with Crippen LogP contribution in [0.4, 0.5) is 11.4 Å². The number of nitrogen functional groups attached to an aromatic ring is 1. The van der Waals surface area contributed by atoms with Crippen LogP contribution in [-0.2, 0) is 0 Å². The summed E-state index contributed by atoms with van der Waals surface area (Å²) in [7, 11) is 1.83. The maximum absolute atomic E-state index is 5.51. The lowest BCUT2D eigenvalue weighted by Gasteiger charge is -2.00. The second kappa shape index (κ2) is 6.07. The molecule has 0 aliphatic heterocycles. The predicted molar refractivity (Wildman–Crippen MR) is 52.7 cm³/mol. The zero-order chi connectivity index (χ0) is 6.69. The molecule has 0 saturated carbocycles. The van der Waals surface area contributed by atoms with Gasteiger partial charge in [0.1, 0.15) is 0 Å². The Morgan fingerprint density at radius 1 is 1.45 bits per heavy atom. The molecule has 0 unspecified atom stereocenters. The van der Waals surface area contributed by atoms with Crippen molar-refractivity contribution < 1.29 is 0 Å². The third-order valence-electron chi connectivity index (χ3n) is 1.12. The Kier molecular flexibility index (Phi) is 7.15. The lowest BCUT2D eigenvalue weighted by Crippen LogP contribution is -1.94. The van der Waals surface area contributed by atoms with Gasteiger partial charge in [-0.2, -0.15) is 0 Å². The van der Waals surface area contributed by atoms with E-state index in [1.54, 1.807) is 12.4 Å². The van der Waals surface area contributed by atoms with E-state index in [1.807, 2.05) is 13.1 Å². The fraction of sp³-hybridized carbons (Fsp3) is 0.167. The van der Waals surface area contributed by atoms with Crippen LogP contribution in [-0.4, -0.2) is 12.0 Å². The van der Waals surface area contributed by atoms with Crippen LogP contribution >= 0.6 is 24.8 Å². The number of anilines is 2. The number of nitrogens with one attached hydrogen (secondary N) is 1. The molecule has 0 aromatic carbocycles. The van der Waals surface area contributed by atoms with E-state index >= 15 is 0 Å². The Labute approximate surface area is 78.2 Å². The van der Waals surface area contributed by atoms with E-state index in [0.29, 0.717) is 5.69 Å². The molecular weight excluding hydrogens is 185 g/mol. The molecule has 0 aliphatic carbocycles. The van der Waals surface area contributed by atoms with Gasteiger partial charge in [0.2, 0.25) is 0 Å². The molecule has 3 N–H and O–H groups in total. The number of nitrogens with zero attached hydrogens (tertiary/aromatic N) is 1. The topological polar surface area (TPSA) is 50.9 Å². The molecular formula is C6H11Cl2N3. The number of aromatic nitrogens is 1. The van der Waals surface area contributed by atoms with Crippen molar-refractivity contribution in [1.82, 2.24) is 4.98 Å². The first kappa shape index (κ1) is 13.0. The maximum Gasteiger partial charge on any atom is 0.0736 e. The van der Waals surface area contributed by atoms with Gasteiger partial charge in [-0.3, -0.25) is 4.98 Å². The van der Waals surface area contributed by atoms with E-state index in [0.717, 1.165) is 5.69 Å². The summed E-state index contributed by atoms with van der Waals surface area (Å²) in [5.74, 6) is 0. The second-order valence-corrected chi connectivity index (χ2v) is 1.71.